The zero-order chi connectivity index (χ0) is 13.8. The van der Waals surface area contributed by atoms with E-state index in [1.807, 2.05) is 0 Å². The Morgan fingerprint density at radius 2 is 1.72 bits per heavy atom. The third-order valence-electron chi connectivity index (χ3n) is 3.36. The van der Waals surface area contributed by atoms with Crippen molar-refractivity contribution in [3.8, 4) is 0 Å². The zero-order valence-corrected chi connectivity index (χ0v) is 10.2. The fraction of sp³-hybridized carbons (Fsp3) is 0.727. The number of methoxy groups -OCH3 is 1. The highest BCUT2D eigenvalue weighted by molar-refractivity contribution is 6.27. The van der Waals surface area contributed by atoms with Crippen molar-refractivity contribution in [1.29, 1.82) is 0 Å². The molecule has 0 aliphatic carbocycles. The quantitative estimate of drug-likeness (QED) is 0.496. The molecule has 2 rings (SSSR count). The van der Waals surface area contributed by atoms with Crippen LogP contribution in [0.4, 0.5) is 0 Å². The molecule has 0 spiro atoms. The number of piperidine rings is 1. The molecule has 2 atom stereocenters. The molecule has 2 unspecified atom stereocenters. The van der Waals surface area contributed by atoms with Gasteiger partial charge in [-0.05, 0) is 32.4 Å². The van der Waals surface area contributed by atoms with Gasteiger partial charge in [0, 0.05) is 6.54 Å². The number of hydrogen-bond acceptors (Lipinski definition) is 5. The van der Waals surface area contributed by atoms with Crippen LogP contribution < -0.4 is 0 Å². The van der Waals surface area contributed by atoms with Crippen LogP contribution in [0.2, 0.25) is 0 Å². The Morgan fingerprint density at radius 3 is 2.22 bits per heavy atom. The van der Waals surface area contributed by atoms with Gasteiger partial charge in [-0.2, -0.15) is 0 Å². The number of aliphatic carboxylic acids is 2. The monoisotopic (exact) mass is 259 g/mol. The van der Waals surface area contributed by atoms with Crippen LogP contribution in [0, 0.1) is 5.41 Å². The number of fused-ring (bicyclic) bond motifs is 2. The second-order valence-corrected chi connectivity index (χ2v) is 4.51. The molecule has 2 saturated heterocycles. The van der Waals surface area contributed by atoms with Gasteiger partial charge in [-0.1, -0.05) is 0 Å². The van der Waals surface area contributed by atoms with E-state index in [-0.39, 0.29) is 11.4 Å². The molecule has 0 radical (unpaired) electrons. The van der Waals surface area contributed by atoms with Gasteiger partial charge in [0.2, 0.25) is 0 Å². The van der Waals surface area contributed by atoms with Crippen molar-refractivity contribution in [2.45, 2.75) is 19.3 Å². The summed E-state index contributed by atoms with van der Waals surface area (Å²) in [4.78, 5) is 32.1. The summed E-state index contributed by atoms with van der Waals surface area (Å²) < 4.78 is 4.84. The molecule has 102 valence electrons. The van der Waals surface area contributed by atoms with E-state index in [4.69, 9.17) is 24.5 Å². The van der Waals surface area contributed by atoms with E-state index < -0.39 is 11.9 Å². The average Bonchev–Trinajstić information content (AvgIpc) is 2.65. The van der Waals surface area contributed by atoms with Crippen LogP contribution in [-0.2, 0) is 19.1 Å². The largest absolute Gasteiger partial charge is 0.473 e. The minimum absolute atomic E-state index is 0.00435. The Bertz CT molecular complexity index is 339. The molecule has 0 amide bonds. The molecular weight excluding hydrogens is 242 g/mol. The van der Waals surface area contributed by atoms with Crippen molar-refractivity contribution in [2.75, 3.05) is 26.7 Å². The van der Waals surface area contributed by atoms with Crippen LogP contribution in [0.3, 0.4) is 0 Å². The van der Waals surface area contributed by atoms with Crippen LogP contribution in [0.25, 0.3) is 0 Å². The molecule has 18 heavy (non-hydrogen) atoms. The maximum atomic E-state index is 11.5. The number of ether oxygens (including phenoxy) is 1. The number of carbonyl (C=O) groups excluding carboxylic acids is 1. The van der Waals surface area contributed by atoms with Crippen molar-refractivity contribution >= 4 is 17.9 Å². The van der Waals surface area contributed by atoms with Crippen LogP contribution in [0.5, 0.6) is 0 Å². The minimum Gasteiger partial charge on any atom is -0.473 e. The van der Waals surface area contributed by atoms with Gasteiger partial charge in [0.1, 0.15) is 0 Å². The first-order valence-corrected chi connectivity index (χ1v) is 5.68. The Kier molecular flexibility index (Phi) is 4.66. The first-order valence-electron chi connectivity index (χ1n) is 5.68. The fourth-order valence-electron chi connectivity index (χ4n) is 2.48. The second-order valence-electron chi connectivity index (χ2n) is 4.51. The lowest BCUT2D eigenvalue weighted by atomic mass is 9.81. The summed E-state index contributed by atoms with van der Waals surface area (Å²) in [5.74, 6) is -3.64. The van der Waals surface area contributed by atoms with Crippen molar-refractivity contribution in [1.82, 2.24) is 4.90 Å². The topological polar surface area (TPSA) is 104 Å². The molecule has 7 heteroatoms. The molecule has 2 aliphatic heterocycles. The van der Waals surface area contributed by atoms with E-state index >= 15 is 0 Å². The smallest absolute Gasteiger partial charge is 0.414 e. The number of carboxylic acids is 2. The highest BCUT2D eigenvalue weighted by atomic mass is 16.5. The predicted molar refractivity (Wildman–Crippen MR) is 60.0 cm³/mol. The highest BCUT2D eigenvalue weighted by Crippen LogP contribution is 2.39. The van der Waals surface area contributed by atoms with Gasteiger partial charge in [-0.25, -0.2) is 9.59 Å². The number of esters is 1. The average molecular weight is 259 g/mol. The SMILES string of the molecule is COC(=O)C12CCCN(CC1)C2.O=C(O)C(=O)O. The van der Waals surface area contributed by atoms with E-state index in [2.05, 4.69) is 4.90 Å². The Balaban J connectivity index is 0.000000232. The molecule has 2 fully saturated rings. The molecule has 2 N–H and O–H groups in total. The summed E-state index contributed by atoms with van der Waals surface area (Å²) in [7, 11) is 1.49. The van der Waals surface area contributed by atoms with Crippen LogP contribution >= 0.6 is 0 Å². The lowest BCUT2D eigenvalue weighted by Gasteiger charge is -2.30. The lowest BCUT2D eigenvalue weighted by Crippen LogP contribution is -2.40. The van der Waals surface area contributed by atoms with Gasteiger partial charge < -0.3 is 19.8 Å². The van der Waals surface area contributed by atoms with Crippen LogP contribution in [0.1, 0.15) is 19.3 Å². The van der Waals surface area contributed by atoms with E-state index in [9.17, 15) is 4.79 Å². The summed E-state index contributed by atoms with van der Waals surface area (Å²) in [5.41, 5.74) is -0.132. The minimum atomic E-state index is -1.82. The summed E-state index contributed by atoms with van der Waals surface area (Å²) in [6, 6.07) is 0. The Hall–Kier alpha value is -1.63. The molecule has 0 aromatic carbocycles. The van der Waals surface area contributed by atoms with Crippen molar-refractivity contribution in [2.24, 2.45) is 5.41 Å². The second kappa shape index (κ2) is 5.81. The van der Waals surface area contributed by atoms with Gasteiger partial charge in [0.15, 0.2) is 0 Å². The summed E-state index contributed by atoms with van der Waals surface area (Å²) in [6.07, 6.45) is 3.17. The number of rotatable bonds is 1. The number of carboxylic acid groups (broad SMARTS) is 2. The molecular formula is C11H17NO6. The van der Waals surface area contributed by atoms with Gasteiger partial charge in [0.25, 0.3) is 0 Å². The van der Waals surface area contributed by atoms with Crippen molar-refractivity contribution < 1.29 is 29.3 Å². The first-order chi connectivity index (χ1) is 8.41. The first kappa shape index (κ1) is 14.4. The Labute approximate surface area is 104 Å². The number of hydrogen-bond donors (Lipinski definition) is 2. The molecule has 0 aromatic heterocycles. The van der Waals surface area contributed by atoms with E-state index in [1.54, 1.807) is 0 Å². The molecule has 7 nitrogen and oxygen atoms in total. The fourth-order valence-corrected chi connectivity index (χ4v) is 2.48. The van der Waals surface area contributed by atoms with E-state index in [1.165, 1.54) is 13.7 Å². The van der Waals surface area contributed by atoms with Gasteiger partial charge >= 0.3 is 17.9 Å². The van der Waals surface area contributed by atoms with E-state index in [0.29, 0.717) is 0 Å². The van der Waals surface area contributed by atoms with Crippen molar-refractivity contribution in [3.63, 3.8) is 0 Å². The third kappa shape index (κ3) is 3.19. The summed E-state index contributed by atoms with van der Waals surface area (Å²) in [5, 5.41) is 14.8. The summed E-state index contributed by atoms with van der Waals surface area (Å²) >= 11 is 0. The standard InChI is InChI=1S/C9H15NO2.C2H2O4/c1-12-8(11)9-3-2-5-10(7-9)6-4-9;3-1(4)2(5)6/h2-7H2,1H3;(H,3,4)(H,5,6). The summed E-state index contributed by atoms with van der Waals surface area (Å²) in [6.45, 7) is 3.17. The Morgan fingerprint density at radius 1 is 1.11 bits per heavy atom. The van der Waals surface area contributed by atoms with Crippen LogP contribution in [-0.4, -0.2) is 59.8 Å². The maximum Gasteiger partial charge on any atom is 0.414 e. The van der Waals surface area contributed by atoms with Crippen molar-refractivity contribution in [3.05, 3.63) is 0 Å². The molecule has 2 heterocycles. The molecule has 0 aromatic rings. The maximum absolute atomic E-state index is 11.5. The van der Waals surface area contributed by atoms with Crippen LogP contribution in [0.15, 0.2) is 0 Å². The van der Waals surface area contributed by atoms with Gasteiger partial charge in [-0.15, -0.1) is 0 Å². The predicted octanol–water partition coefficient (Wildman–Crippen LogP) is -0.199. The van der Waals surface area contributed by atoms with E-state index in [0.717, 1.165) is 32.4 Å². The number of nitrogens with zero attached hydrogens (tertiary/aromatic N) is 1. The highest BCUT2D eigenvalue weighted by Gasteiger charge is 2.47. The zero-order valence-electron chi connectivity index (χ0n) is 10.2. The molecule has 2 bridgehead atoms. The third-order valence-corrected chi connectivity index (χ3v) is 3.36. The number of carbonyl (C=O) groups is 3. The molecule has 0 saturated carbocycles. The normalized spacial score (nSPS) is 28.8. The van der Waals surface area contributed by atoms with Gasteiger partial charge in [0.05, 0.1) is 12.5 Å². The lowest BCUT2D eigenvalue weighted by molar-refractivity contribution is -0.159. The molecule has 2 aliphatic rings. The van der Waals surface area contributed by atoms with Gasteiger partial charge in [-0.3, -0.25) is 4.79 Å².